The predicted octanol–water partition coefficient (Wildman–Crippen LogP) is 6.97. The maximum absolute atomic E-state index is 11.2. The molecule has 0 aromatic heterocycles. The van der Waals surface area contributed by atoms with E-state index in [1.165, 1.54) is 35.9 Å². The van der Waals surface area contributed by atoms with Crippen molar-refractivity contribution in [3.8, 4) is 0 Å². The molecular formula is C17H28BrIO2S. The lowest BCUT2D eigenvalue weighted by atomic mass is 9.79. The van der Waals surface area contributed by atoms with E-state index in [4.69, 9.17) is 0 Å². The van der Waals surface area contributed by atoms with Gasteiger partial charge in [0.1, 0.15) is 0 Å². The largest absolute Gasteiger partial charge is 0.481 e. The first-order valence-corrected chi connectivity index (χ1v) is 11.3. The number of carboxylic acid groups (broad SMARTS) is 1. The molecule has 0 radical (unpaired) electrons. The van der Waals surface area contributed by atoms with Crippen LogP contribution in [0.2, 0.25) is 0 Å². The first-order valence-electron chi connectivity index (χ1n) is 8.37. The van der Waals surface area contributed by atoms with Crippen molar-refractivity contribution in [2.24, 2.45) is 11.3 Å². The molecule has 0 saturated carbocycles. The van der Waals surface area contributed by atoms with Gasteiger partial charge in [-0.1, -0.05) is 74.6 Å². The molecule has 1 N–H and O–H groups in total. The molecule has 1 aliphatic heterocycles. The number of rotatable bonds is 11. The average molecular weight is 503 g/mol. The van der Waals surface area contributed by atoms with E-state index < -0.39 is 5.97 Å². The minimum atomic E-state index is -0.636. The van der Waals surface area contributed by atoms with Crippen LogP contribution in [0.15, 0.2) is 9.89 Å². The van der Waals surface area contributed by atoms with Gasteiger partial charge in [-0.25, -0.2) is 0 Å². The second-order valence-corrected chi connectivity index (χ2v) is 10.9. The molecule has 5 heteroatoms. The summed E-state index contributed by atoms with van der Waals surface area (Å²) in [4.78, 5) is 11.2. The van der Waals surface area contributed by atoms with Gasteiger partial charge in [0.2, 0.25) is 0 Å². The highest BCUT2D eigenvalue weighted by molar-refractivity contribution is 14.1. The van der Waals surface area contributed by atoms with Crippen LogP contribution in [0.25, 0.3) is 0 Å². The fraction of sp³-hybridized carbons (Fsp3) is 0.824. The highest BCUT2D eigenvalue weighted by atomic mass is 127. The molecule has 128 valence electrons. The summed E-state index contributed by atoms with van der Waals surface area (Å²) >= 11 is 8.14. The molecule has 1 aliphatic rings. The smallest absolute Gasteiger partial charge is 0.306 e. The van der Waals surface area contributed by atoms with Gasteiger partial charge < -0.3 is 5.11 Å². The average Bonchev–Trinajstić information content (AvgIpc) is 2.74. The Morgan fingerprint density at radius 1 is 1.36 bits per heavy atom. The van der Waals surface area contributed by atoms with Crippen LogP contribution in [-0.2, 0) is 4.79 Å². The minimum absolute atomic E-state index is 0.175. The molecule has 0 bridgehead atoms. The quantitative estimate of drug-likeness (QED) is 0.188. The van der Waals surface area contributed by atoms with Crippen molar-refractivity contribution in [3.05, 3.63) is 9.89 Å². The zero-order chi connectivity index (χ0) is 16.6. The Morgan fingerprint density at radius 3 is 2.55 bits per heavy atom. The van der Waals surface area contributed by atoms with Gasteiger partial charge in [0.25, 0.3) is 0 Å². The van der Waals surface area contributed by atoms with Crippen molar-refractivity contribution < 1.29 is 9.90 Å². The highest BCUT2D eigenvalue weighted by Gasteiger charge is 2.40. The van der Waals surface area contributed by atoms with Crippen LogP contribution in [-0.4, -0.2) is 14.3 Å². The first kappa shape index (κ1) is 20.8. The van der Waals surface area contributed by atoms with Crippen LogP contribution in [0, 0.1) is 11.3 Å². The molecule has 2 nitrogen and oxygen atoms in total. The zero-order valence-corrected chi connectivity index (χ0v) is 18.2. The number of alkyl halides is 1. The van der Waals surface area contributed by atoms with Crippen molar-refractivity contribution in [2.75, 3.05) is 0 Å². The molecule has 0 aromatic carbocycles. The number of halogens is 2. The lowest BCUT2D eigenvalue weighted by molar-refractivity contribution is -0.142. The van der Waals surface area contributed by atoms with E-state index in [9.17, 15) is 9.90 Å². The molecule has 0 spiro atoms. The SMILES string of the molecule is CCCCCCC1(CCCC(CC)C(=O)O)C=C(Br)SC1I. The van der Waals surface area contributed by atoms with Crippen LogP contribution >= 0.6 is 50.3 Å². The van der Waals surface area contributed by atoms with Crippen molar-refractivity contribution in [1.82, 2.24) is 0 Å². The molecule has 0 fully saturated rings. The Hall–Kier alpha value is 0.770. The normalized spacial score (nSPS) is 26.0. The topological polar surface area (TPSA) is 37.3 Å². The van der Waals surface area contributed by atoms with Crippen LogP contribution in [0.1, 0.15) is 71.6 Å². The molecule has 3 atom stereocenters. The summed E-state index contributed by atoms with van der Waals surface area (Å²) in [5.74, 6) is -0.811. The number of unbranched alkanes of at least 4 members (excludes halogenated alkanes) is 3. The molecule has 0 aliphatic carbocycles. The summed E-state index contributed by atoms with van der Waals surface area (Å²) in [7, 11) is 0. The molecule has 1 heterocycles. The molecule has 0 amide bonds. The summed E-state index contributed by atoms with van der Waals surface area (Å²) in [6.07, 6.45) is 12.5. The summed E-state index contributed by atoms with van der Waals surface area (Å²) in [5.41, 5.74) is 0.245. The van der Waals surface area contributed by atoms with E-state index in [1.54, 1.807) is 0 Å². The van der Waals surface area contributed by atoms with Crippen LogP contribution < -0.4 is 0 Å². The fourth-order valence-corrected chi connectivity index (χ4v) is 7.83. The van der Waals surface area contributed by atoms with E-state index >= 15 is 0 Å². The third kappa shape index (κ3) is 6.34. The van der Waals surface area contributed by atoms with Crippen molar-refractivity contribution in [1.29, 1.82) is 0 Å². The molecule has 22 heavy (non-hydrogen) atoms. The number of hydrogen-bond acceptors (Lipinski definition) is 2. The lowest BCUT2D eigenvalue weighted by Gasteiger charge is -2.31. The van der Waals surface area contributed by atoms with Gasteiger partial charge in [0.05, 0.1) is 9.17 Å². The Balaban J connectivity index is 2.58. The summed E-state index contributed by atoms with van der Waals surface area (Å²) < 4.78 is 1.82. The Kier molecular flexibility index (Phi) is 10.0. The van der Waals surface area contributed by atoms with Gasteiger partial charge in [-0.2, -0.15) is 0 Å². The number of hydrogen-bond donors (Lipinski definition) is 1. The second kappa shape index (κ2) is 10.6. The Morgan fingerprint density at radius 2 is 2.05 bits per heavy atom. The van der Waals surface area contributed by atoms with Gasteiger partial charge in [-0.15, -0.1) is 11.8 Å². The number of aliphatic carboxylic acids is 1. The monoisotopic (exact) mass is 502 g/mol. The second-order valence-electron chi connectivity index (χ2n) is 6.26. The predicted molar refractivity (Wildman–Crippen MR) is 109 cm³/mol. The van der Waals surface area contributed by atoms with E-state index in [0.29, 0.717) is 3.26 Å². The third-order valence-corrected chi connectivity index (χ3v) is 8.41. The first-order chi connectivity index (χ1) is 10.4. The van der Waals surface area contributed by atoms with Crippen LogP contribution in [0.3, 0.4) is 0 Å². The number of thioether (sulfide) groups is 1. The van der Waals surface area contributed by atoms with Crippen LogP contribution in [0.5, 0.6) is 0 Å². The lowest BCUT2D eigenvalue weighted by Crippen LogP contribution is -2.25. The van der Waals surface area contributed by atoms with Crippen molar-refractivity contribution in [3.63, 3.8) is 0 Å². The van der Waals surface area contributed by atoms with Gasteiger partial charge in [-0.3, -0.25) is 4.79 Å². The highest BCUT2D eigenvalue weighted by Crippen LogP contribution is 2.55. The zero-order valence-electron chi connectivity index (χ0n) is 13.6. The van der Waals surface area contributed by atoms with Crippen molar-refractivity contribution >= 4 is 56.3 Å². The van der Waals surface area contributed by atoms with Gasteiger partial charge in [-0.05, 0) is 41.6 Å². The number of carboxylic acids is 1. The molecular weight excluding hydrogens is 475 g/mol. The summed E-state index contributed by atoms with van der Waals surface area (Å²) in [5, 5.41) is 9.20. The summed E-state index contributed by atoms with van der Waals surface area (Å²) in [6, 6.07) is 0. The molecule has 3 unspecified atom stereocenters. The maximum atomic E-state index is 11.2. The Labute approximate surface area is 161 Å². The number of allylic oxidation sites excluding steroid dienone is 1. The van der Waals surface area contributed by atoms with E-state index in [0.717, 1.165) is 25.7 Å². The van der Waals surface area contributed by atoms with Crippen molar-refractivity contribution in [2.45, 2.75) is 74.9 Å². The third-order valence-electron chi connectivity index (χ3n) is 4.60. The summed E-state index contributed by atoms with van der Waals surface area (Å²) in [6.45, 7) is 4.22. The number of carbonyl (C=O) groups is 1. The van der Waals surface area contributed by atoms with E-state index in [-0.39, 0.29) is 11.3 Å². The molecule has 0 saturated heterocycles. The Bertz CT molecular complexity index is 389. The van der Waals surface area contributed by atoms with Crippen LogP contribution in [0.4, 0.5) is 0 Å². The van der Waals surface area contributed by atoms with E-state index in [1.807, 2.05) is 18.7 Å². The molecule has 0 aromatic rings. The van der Waals surface area contributed by atoms with Gasteiger partial charge in [0.15, 0.2) is 0 Å². The van der Waals surface area contributed by atoms with E-state index in [2.05, 4.69) is 51.5 Å². The fourth-order valence-electron chi connectivity index (χ4n) is 3.10. The minimum Gasteiger partial charge on any atom is -0.481 e. The van der Waals surface area contributed by atoms with Gasteiger partial charge in [0, 0.05) is 9.23 Å². The molecule has 1 rings (SSSR count). The van der Waals surface area contributed by atoms with Gasteiger partial charge >= 0.3 is 5.97 Å². The maximum Gasteiger partial charge on any atom is 0.306 e. The standard InChI is InChI=1S/C17H28BrIO2S/c1-3-5-6-7-10-17(12-14(18)22-16(17)19)11-8-9-13(4-2)15(20)21/h12-13,16H,3-11H2,1-2H3,(H,20,21).